The predicted molar refractivity (Wildman–Crippen MR) is 209 cm³/mol. The number of benzene rings is 7. The third-order valence-corrected chi connectivity index (χ3v) is 11.5. The molecular weight excluding hydrogens is 607 g/mol. The summed E-state index contributed by atoms with van der Waals surface area (Å²) in [5, 5.41) is 2.35. The summed E-state index contributed by atoms with van der Waals surface area (Å²) >= 11 is 0. The Morgan fingerprint density at radius 3 is 1.74 bits per heavy atom. The lowest BCUT2D eigenvalue weighted by molar-refractivity contribution is 0.620. The van der Waals surface area contributed by atoms with Gasteiger partial charge >= 0.3 is 0 Å². The van der Waals surface area contributed by atoms with Crippen LogP contribution < -0.4 is 4.90 Å². The maximum atomic E-state index is 6.60. The van der Waals surface area contributed by atoms with Gasteiger partial charge in [0, 0.05) is 44.2 Å². The van der Waals surface area contributed by atoms with Crippen molar-refractivity contribution in [1.82, 2.24) is 0 Å². The number of anilines is 3. The van der Waals surface area contributed by atoms with Crippen molar-refractivity contribution in [2.45, 2.75) is 38.5 Å². The van der Waals surface area contributed by atoms with Crippen LogP contribution in [-0.2, 0) is 10.8 Å². The Hall–Kier alpha value is -5.86. The molecular formula is C48H37NO. The van der Waals surface area contributed by atoms with Crippen LogP contribution >= 0.6 is 0 Å². The molecule has 0 atom stereocenters. The molecule has 2 aliphatic rings. The van der Waals surface area contributed by atoms with Crippen LogP contribution in [0.4, 0.5) is 17.1 Å². The lowest BCUT2D eigenvalue weighted by atomic mass is 9.81. The van der Waals surface area contributed by atoms with E-state index in [4.69, 9.17) is 4.42 Å². The number of nitrogens with zero attached hydrogens (tertiary/aromatic N) is 1. The lowest BCUT2D eigenvalue weighted by Crippen LogP contribution is -2.18. The Morgan fingerprint density at radius 1 is 0.420 bits per heavy atom. The highest BCUT2D eigenvalue weighted by atomic mass is 16.3. The van der Waals surface area contributed by atoms with Crippen LogP contribution in [0.2, 0.25) is 0 Å². The number of furan rings is 1. The zero-order valence-electron chi connectivity index (χ0n) is 28.8. The maximum Gasteiger partial charge on any atom is 0.140 e. The summed E-state index contributed by atoms with van der Waals surface area (Å²) in [7, 11) is 0. The van der Waals surface area contributed by atoms with Gasteiger partial charge in [-0.1, -0.05) is 131 Å². The summed E-state index contributed by atoms with van der Waals surface area (Å²) in [6.07, 6.45) is 0. The molecule has 0 aliphatic heterocycles. The second-order valence-electron chi connectivity index (χ2n) is 15.0. The van der Waals surface area contributed by atoms with E-state index >= 15 is 0 Å². The number of rotatable bonds is 4. The Morgan fingerprint density at radius 2 is 0.980 bits per heavy atom. The van der Waals surface area contributed by atoms with Crippen molar-refractivity contribution in [3.05, 3.63) is 174 Å². The molecule has 0 amide bonds. The normalized spacial score (nSPS) is 14.7. The molecule has 240 valence electrons. The van der Waals surface area contributed by atoms with Crippen molar-refractivity contribution in [3.63, 3.8) is 0 Å². The van der Waals surface area contributed by atoms with Crippen molar-refractivity contribution >= 4 is 39.0 Å². The number of fused-ring (bicyclic) bond motifs is 10. The zero-order chi connectivity index (χ0) is 33.8. The number of para-hydroxylation sites is 1. The minimum Gasteiger partial charge on any atom is -0.456 e. The second-order valence-corrected chi connectivity index (χ2v) is 15.0. The van der Waals surface area contributed by atoms with Crippen molar-refractivity contribution in [2.24, 2.45) is 0 Å². The molecule has 7 aromatic carbocycles. The second kappa shape index (κ2) is 10.3. The summed E-state index contributed by atoms with van der Waals surface area (Å²) in [6, 6.07) is 55.5. The largest absolute Gasteiger partial charge is 0.456 e. The van der Waals surface area contributed by atoms with Crippen molar-refractivity contribution in [2.75, 3.05) is 4.90 Å². The van der Waals surface area contributed by atoms with Crippen LogP contribution in [-0.4, -0.2) is 0 Å². The molecule has 0 spiro atoms. The molecule has 50 heavy (non-hydrogen) atoms. The van der Waals surface area contributed by atoms with E-state index in [0.717, 1.165) is 28.2 Å². The fraction of sp³-hybridized carbons (Fsp3) is 0.125. The van der Waals surface area contributed by atoms with Gasteiger partial charge in [0.05, 0.1) is 0 Å². The van der Waals surface area contributed by atoms with Crippen molar-refractivity contribution < 1.29 is 4.42 Å². The van der Waals surface area contributed by atoms with E-state index < -0.39 is 0 Å². The van der Waals surface area contributed by atoms with Crippen molar-refractivity contribution in [3.8, 4) is 33.4 Å². The van der Waals surface area contributed by atoms with E-state index in [-0.39, 0.29) is 10.8 Å². The Bertz CT molecular complexity index is 2640. The minimum atomic E-state index is -0.252. The van der Waals surface area contributed by atoms with Crippen LogP contribution in [0.25, 0.3) is 55.3 Å². The smallest absolute Gasteiger partial charge is 0.140 e. The molecule has 2 heteroatoms. The minimum absolute atomic E-state index is 0.0930. The van der Waals surface area contributed by atoms with Crippen LogP contribution in [0, 0.1) is 0 Å². The first-order valence-corrected chi connectivity index (χ1v) is 17.6. The van der Waals surface area contributed by atoms with Gasteiger partial charge in [0.15, 0.2) is 0 Å². The first-order chi connectivity index (χ1) is 24.3. The van der Waals surface area contributed by atoms with E-state index in [1.807, 2.05) is 0 Å². The van der Waals surface area contributed by atoms with Gasteiger partial charge in [-0.2, -0.15) is 0 Å². The monoisotopic (exact) mass is 643 g/mol. The highest BCUT2D eigenvalue weighted by Crippen LogP contribution is 2.55. The van der Waals surface area contributed by atoms with Crippen molar-refractivity contribution in [1.29, 1.82) is 0 Å². The Balaban J connectivity index is 1.14. The van der Waals surface area contributed by atoms with Crippen LogP contribution in [0.5, 0.6) is 0 Å². The summed E-state index contributed by atoms with van der Waals surface area (Å²) < 4.78 is 6.60. The van der Waals surface area contributed by atoms with E-state index in [0.29, 0.717) is 0 Å². The summed E-state index contributed by atoms with van der Waals surface area (Å²) in [4.78, 5) is 2.43. The van der Waals surface area contributed by atoms with Crippen LogP contribution in [0.15, 0.2) is 156 Å². The van der Waals surface area contributed by atoms with E-state index in [9.17, 15) is 0 Å². The van der Waals surface area contributed by atoms with Gasteiger partial charge in [-0.05, 0) is 98.6 Å². The zero-order valence-corrected chi connectivity index (χ0v) is 28.8. The maximum absolute atomic E-state index is 6.60. The SMILES string of the molecule is CC1(C)c2ccccc2-c2ccc(N(c3ccc(-c4ccccc4)cc3)c3ccc4c(c3)C(C)(C)c3c-4ccc4c3oc3ccccc34)cc21. The fourth-order valence-corrected chi connectivity index (χ4v) is 8.90. The van der Waals surface area contributed by atoms with Crippen LogP contribution in [0.1, 0.15) is 49.9 Å². The summed E-state index contributed by atoms with van der Waals surface area (Å²) in [5.41, 5.74) is 18.0. The molecule has 0 saturated heterocycles. The van der Waals surface area contributed by atoms with Gasteiger partial charge in [0.1, 0.15) is 11.2 Å². The first kappa shape index (κ1) is 29.1. The van der Waals surface area contributed by atoms with E-state index in [1.165, 1.54) is 66.4 Å². The lowest BCUT2D eigenvalue weighted by Gasteiger charge is -2.30. The summed E-state index contributed by atoms with van der Waals surface area (Å²) in [5.74, 6) is 0. The summed E-state index contributed by atoms with van der Waals surface area (Å²) in [6.45, 7) is 9.41. The highest BCUT2D eigenvalue weighted by Gasteiger charge is 2.40. The Labute approximate surface area is 293 Å². The van der Waals surface area contributed by atoms with Gasteiger partial charge in [0.2, 0.25) is 0 Å². The van der Waals surface area contributed by atoms with E-state index in [1.54, 1.807) is 0 Å². The molecule has 0 saturated carbocycles. The van der Waals surface area contributed by atoms with Crippen LogP contribution in [0.3, 0.4) is 0 Å². The molecule has 8 aromatic rings. The van der Waals surface area contributed by atoms with E-state index in [2.05, 4.69) is 184 Å². The third-order valence-electron chi connectivity index (χ3n) is 11.5. The van der Waals surface area contributed by atoms with Gasteiger partial charge < -0.3 is 9.32 Å². The average Bonchev–Trinajstić information content (AvgIpc) is 3.72. The van der Waals surface area contributed by atoms with Gasteiger partial charge in [-0.3, -0.25) is 0 Å². The molecule has 0 N–H and O–H groups in total. The van der Waals surface area contributed by atoms with Gasteiger partial charge in [-0.25, -0.2) is 0 Å². The molecule has 1 heterocycles. The molecule has 0 bridgehead atoms. The van der Waals surface area contributed by atoms with Gasteiger partial charge in [-0.15, -0.1) is 0 Å². The van der Waals surface area contributed by atoms with Gasteiger partial charge in [0.25, 0.3) is 0 Å². The molecule has 2 aliphatic carbocycles. The molecule has 0 fully saturated rings. The molecule has 10 rings (SSSR count). The molecule has 2 nitrogen and oxygen atoms in total. The average molecular weight is 644 g/mol. The molecule has 1 aromatic heterocycles. The Kier molecular flexibility index (Phi) is 6.01. The number of hydrogen-bond donors (Lipinski definition) is 0. The first-order valence-electron chi connectivity index (χ1n) is 17.6. The molecule has 0 radical (unpaired) electrons. The fourth-order valence-electron chi connectivity index (χ4n) is 8.90. The number of hydrogen-bond acceptors (Lipinski definition) is 2. The molecule has 0 unspecified atom stereocenters. The topological polar surface area (TPSA) is 16.4 Å². The quantitative estimate of drug-likeness (QED) is 0.190. The predicted octanol–water partition coefficient (Wildman–Crippen LogP) is 13.3. The standard InChI is InChI=1S/C48H37NO/c1-47(2)41-16-10-8-14-35(41)36-24-22-33(28-42(36)47)49(32-20-18-31(19-21-32)30-12-6-5-7-13-30)34-23-25-37-39-26-27-40-38-15-9-11-17-44(38)50-46(40)45(39)48(3,4)43(37)29-34/h5-29H,1-4H3. The highest BCUT2D eigenvalue weighted by molar-refractivity contribution is 6.09. The third kappa shape index (κ3) is 4.02.